The van der Waals surface area contributed by atoms with Gasteiger partial charge in [0.15, 0.2) is 5.96 Å². The van der Waals surface area contributed by atoms with Gasteiger partial charge in [-0.05, 0) is 11.6 Å². The van der Waals surface area contributed by atoms with E-state index in [0.29, 0.717) is 0 Å². The largest absolute Gasteiger partial charge is 0.356 e. The summed E-state index contributed by atoms with van der Waals surface area (Å²) in [6.07, 6.45) is 2.64. The van der Waals surface area contributed by atoms with Crippen LogP contribution in [0.2, 0.25) is 5.02 Å². The maximum atomic E-state index is 6.34. The highest BCUT2D eigenvalue weighted by atomic mass is 35.5. The molecule has 2 rings (SSSR count). The molecule has 2 N–H and O–H groups in total. The van der Waals surface area contributed by atoms with Crippen molar-refractivity contribution in [3.63, 3.8) is 0 Å². The van der Waals surface area contributed by atoms with Crippen LogP contribution in [0, 0.1) is 0 Å². The number of aliphatic imine (C=N–C) groups is 1. The summed E-state index contributed by atoms with van der Waals surface area (Å²) < 4.78 is 2.05. The van der Waals surface area contributed by atoms with E-state index in [-0.39, 0.29) is 5.41 Å². The monoisotopic (exact) mass is 362 g/mol. The van der Waals surface area contributed by atoms with Crippen molar-refractivity contribution >= 4 is 17.6 Å². The predicted octanol–water partition coefficient (Wildman–Crippen LogP) is 2.64. The SMILES string of the molecule is CCc1nncn1CCNC(=NC)NCC(C)(C)c1ccccc1Cl. The van der Waals surface area contributed by atoms with Crippen molar-refractivity contribution in [2.24, 2.45) is 4.99 Å². The Hall–Kier alpha value is -2.08. The number of aryl methyl sites for hydroxylation is 1. The second kappa shape index (κ2) is 8.85. The zero-order valence-electron chi connectivity index (χ0n) is 15.4. The van der Waals surface area contributed by atoms with E-state index < -0.39 is 0 Å². The molecule has 0 atom stereocenters. The van der Waals surface area contributed by atoms with Gasteiger partial charge in [-0.1, -0.05) is 50.6 Å². The molecule has 0 aliphatic carbocycles. The molecule has 25 heavy (non-hydrogen) atoms. The molecule has 136 valence electrons. The standard InChI is InChI=1S/C18H27ClN6/c1-5-16-24-23-13-25(16)11-10-21-17(20-4)22-12-18(2,3)14-8-6-7-9-15(14)19/h6-9,13H,5,10-12H2,1-4H3,(H2,20,21,22). The lowest BCUT2D eigenvalue weighted by atomic mass is 9.84. The van der Waals surface area contributed by atoms with Crippen molar-refractivity contribution in [1.82, 2.24) is 25.4 Å². The number of rotatable bonds is 7. The number of benzene rings is 1. The van der Waals surface area contributed by atoms with Crippen molar-refractivity contribution in [1.29, 1.82) is 0 Å². The third-order valence-corrected chi connectivity index (χ3v) is 4.51. The van der Waals surface area contributed by atoms with Gasteiger partial charge >= 0.3 is 0 Å². The highest BCUT2D eigenvalue weighted by Gasteiger charge is 2.23. The van der Waals surface area contributed by atoms with Gasteiger partial charge in [-0.3, -0.25) is 4.99 Å². The summed E-state index contributed by atoms with van der Waals surface area (Å²) in [6.45, 7) is 8.68. The first-order valence-electron chi connectivity index (χ1n) is 8.54. The Bertz CT molecular complexity index is 707. The second-order valence-corrected chi connectivity index (χ2v) is 6.92. The van der Waals surface area contributed by atoms with Crippen LogP contribution in [0.5, 0.6) is 0 Å². The quantitative estimate of drug-likeness (QED) is 0.587. The summed E-state index contributed by atoms with van der Waals surface area (Å²) >= 11 is 6.34. The van der Waals surface area contributed by atoms with Crippen LogP contribution < -0.4 is 10.6 Å². The molecule has 1 aromatic carbocycles. The summed E-state index contributed by atoms with van der Waals surface area (Å²) in [4.78, 5) is 4.29. The number of nitrogens with one attached hydrogen (secondary N) is 2. The third kappa shape index (κ3) is 5.19. The molecule has 1 aromatic heterocycles. The molecule has 0 unspecified atom stereocenters. The Morgan fingerprint density at radius 3 is 2.72 bits per heavy atom. The van der Waals surface area contributed by atoms with E-state index in [1.807, 2.05) is 22.8 Å². The summed E-state index contributed by atoms with van der Waals surface area (Å²) in [5, 5.41) is 15.5. The number of guanidine groups is 1. The van der Waals surface area contributed by atoms with Gasteiger partial charge < -0.3 is 15.2 Å². The molecule has 0 amide bonds. The van der Waals surface area contributed by atoms with Gasteiger partial charge in [0.2, 0.25) is 0 Å². The van der Waals surface area contributed by atoms with E-state index in [1.165, 1.54) is 0 Å². The molecule has 1 heterocycles. The fourth-order valence-electron chi connectivity index (χ4n) is 2.66. The Kier molecular flexibility index (Phi) is 6.82. The lowest BCUT2D eigenvalue weighted by Gasteiger charge is -2.27. The second-order valence-electron chi connectivity index (χ2n) is 6.51. The molecule has 0 spiro atoms. The number of hydrogen-bond acceptors (Lipinski definition) is 3. The fraction of sp³-hybridized carbons (Fsp3) is 0.500. The van der Waals surface area contributed by atoms with Crippen LogP contribution in [0.3, 0.4) is 0 Å². The first kappa shape index (κ1) is 19.2. The lowest BCUT2D eigenvalue weighted by Crippen LogP contribution is -2.44. The van der Waals surface area contributed by atoms with E-state index >= 15 is 0 Å². The Balaban J connectivity index is 1.87. The normalized spacial score (nSPS) is 12.3. The lowest BCUT2D eigenvalue weighted by molar-refractivity contribution is 0.507. The van der Waals surface area contributed by atoms with Crippen molar-refractivity contribution in [3.05, 3.63) is 47.0 Å². The molecule has 6 nitrogen and oxygen atoms in total. The van der Waals surface area contributed by atoms with Gasteiger partial charge in [0.05, 0.1) is 0 Å². The number of nitrogens with zero attached hydrogens (tertiary/aromatic N) is 4. The van der Waals surface area contributed by atoms with Crippen LogP contribution in [0.25, 0.3) is 0 Å². The number of aromatic nitrogens is 3. The maximum Gasteiger partial charge on any atom is 0.191 e. The third-order valence-electron chi connectivity index (χ3n) is 4.18. The van der Waals surface area contributed by atoms with Crippen molar-refractivity contribution in [2.45, 2.75) is 39.2 Å². The van der Waals surface area contributed by atoms with Gasteiger partial charge in [0.25, 0.3) is 0 Å². The number of halogens is 1. The molecule has 0 saturated heterocycles. The topological polar surface area (TPSA) is 67.1 Å². The average Bonchev–Trinajstić information content (AvgIpc) is 3.05. The predicted molar refractivity (Wildman–Crippen MR) is 103 cm³/mol. The molecule has 0 saturated carbocycles. The van der Waals surface area contributed by atoms with Gasteiger partial charge in [-0.2, -0.15) is 0 Å². The zero-order chi connectivity index (χ0) is 18.3. The van der Waals surface area contributed by atoms with Gasteiger partial charge in [-0.25, -0.2) is 0 Å². The first-order chi connectivity index (χ1) is 12.0. The van der Waals surface area contributed by atoms with Crippen LogP contribution in [0.15, 0.2) is 35.6 Å². The van der Waals surface area contributed by atoms with Gasteiger partial charge in [0.1, 0.15) is 12.2 Å². The minimum absolute atomic E-state index is 0.111. The van der Waals surface area contributed by atoms with Gasteiger partial charge in [0, 0.05) is 43.5 Å². The molecule has 7 heteroatoms. The van der Waals surface area contributed by atoms with E-state index in [2.05, 4.69) is 52.7 Å². The van der Waals surface area contributed by atoms with E-state index in [9.17, 15) is 0 Å². The minimum atomic E-state index is -0.111. The van der Waals surface area contributed by atoms with Gasteiger partial charge in [-0.15, -0.1) is 10.2 Å². The van der Waals surface area contributed by atoms with Crippen LogP contribution in [0.1, 0.15) is 32.2 Å². The highest BCUT2D eigenvalue weighted by molar-refractivity contribution is 6.31. The molecule has 0 aliphatic heterocycles. The van der Waals surface area contributed by atoms with E-state index in [4.69, 9.17) is 11.6 Å². The molecule has 0 fully saturated rings. The molecule has 0 radical (unpaired) electrons. The molecule has 0 bridgehead atoms. The van der Waals surface area contributed by atoms with Crippen LogP contribution in [-0.4, -0.2) is 40.9 Å². The first-order valence-corrected chi connectivity index (χ1v) is 8.92. The Morgan fingerprint density at radius 1 is 1.28 bits per heavy atom. The summed E-state index contributed by atoms with van der Waals surface area (Å²) in [5.74, 6) is 1.76. The Morgan fingerprint density at radius 2 is 2.04 bits per heavy atom. The Labute approximate surface area is 154 Å². The minimum Gasteiger partial charge on any atom is -0.356 e. The van der Waals surface area contributed by atoms with Crippen LogP contribution in [-0.2, 0) is 18.4 Å². The maximum absolute atomic E-state index is 6.34. The van der Waals surface area contributed by atoms with Crippen LogP contribution in [0.4, 0.5) is 0 Å². The summed E-state index contributed by atoms with van der Waals surface area (Å²) in [7, 11) is 1.77. The van der Waals surface area contributed by atoms with E-state index in [0.717, 1.165) is 48.4 Å². The number of hydrogen-bond donors (Lipinski definition) is 2. The smallest absolute Gasteiger partial charge is 0.191 e. The fourth-order valence-corrected chi connectivity index (χ4v) is 3.06. The molecular weight excluding hydrogens is 336 g/mol. The van der Waals surface area contributed by atoms with E-state index in [1.54, 1.807) is 13.4 Å². The molecular formula is C18H27ClN6. The van der Waals surface area contributed by atoms with Crippen LogP contribution >= 0.6 is 11.6 Å². The zero-order valence-corrected chi connectivity index (χ0v) is 16.1. The summed E-state index contributed by atoms with van der Waals surface area (Å²) in [5.41, 5.74) is 1.01. The van der Waals surface area contributed by atoms with Crippen molar-refractivity contribution < 1.29 is 0 Å². The molecule has 0 aliphatic rings. The summed E-state index contributed by atoms with van der Waals surface area (Å²) in [6, 6.07) is 7.96. The van der Waals surface area contributed by atoms with Crippen molar-refractivity contribution in [3.8, 4) is 0 Å². The van der Waals surface area contributed by atoms with Crippen molar-refractivity contribution in [2.75, 3.05) is 20.1 Å². The average molecular weight is 363 g/mol. The molecule has 2 aromatic rings. The highest BCUT2D eigenvalue weighted by Crippen LogP contribution is 2.28.